The van der Waals surface area contributed by atoms with Gasteiger partial charge in [0, 0.05) is 11.1 Å². The van der Waals surface area contributed by atoms with E-state index in [1.165, 1.54) is 12.1 Å². The van der Waals surface area contributed by atoms with Gasteiger partial charge in [0.05, 0.1) is 6.61 Å². The van der Waals surface area contributed by atoms with Gasteiger partial charge in [0.2, 0.25) is 0 Å². The van der Waals surface area contributed by atoms with E-state index in [1.54, 1.807) is 24.3 Å². The molecule has 0 bridgehead atoms. The van der Waals surface area contributed by atoms with E-state index in [4.69, 9.17) is 4.74 Å². The van der Waals surface area contributed by atoms with E-state index < -0.39 is 5.97 Å². The highest BCUT2D eigenvalue weighted by molar-refractivity contribution is 6.01. The predicted octanol–water partition coefficient (Wildman–Crippen LogP) is 6.23. The molecule has 0 aliphatic rings. The lowest BCUT2D eigenvalue weighted by atomic mass is 9.92. The molecule has 0 heterocycles. The van der Waals surface area contributed by atoms with Crippen LogP contribution in [0, 0.1) is 0 Å². The van der Waals surface area contributed by atoms with E-state index in [1.807, 2.05) is 6.92 Å². The number of ether oxygens (including phenoxy) is 1. The summed E-state index contributed by atoms with van der Waals surface area (Å²) in [5, 5.41) is 41.7. The van der Waals surface area contributed by atoms with Gasteiger partial charge in [0.15, 0.2) is 11.5 Å². The maximum atomic E-state index is 12.1. The highest BCUT2D eigenvalue weighted by Crippen LogP contribution is 2.41. The summed E-state index contributed by atoms with van der Waals surface area (Å²) in [5.41, 5.74) is 1.24. The number of hydrogen-bond acceptors (Lipinski definition) is 5. The number of hydrogen-bond donors (Lipinski definition) is 4. The first-order chi connectivity index (χ1) is 15.4. The summed E-state index contributed by atoms with van der Waals surface area (Å²) in [4.78, 5) is 12.1. The Morgan fingerprint density at radius 3 is 2.25 bits per heavy atom. The Kier molecular flexibility index (Phi) is 7.46. The summed E-state index contributed by atoms with van der Waals surface area (Å²) in [6.45, 7) is 4.59. The van der Waals surface area contributed by atoms with Crippen LogP contribution in [-0.2, 0) is 6.42 Å². The van der Waals surface area contributed by atoms with Gasteiger partial charge in [-0.15, -0.1) is 0 Å². The molecule has 6 nitrogen and oxygen atoms in total. The standard InChI is InChI=1S/C26H30O6/c1-3-5-6-7-11-32-23-15-20(24(26(30)31)25(29)19(23)8-4-2)17-10-9-16-13-21(27)22(28)14-18(16)12-17/h9-10,12-15,27-29H,3-8,11H2,1-2H3,(H,30,31). The zero-order valence-corrected chi connectivity index (χ0v) is 18.5. The molecule has 0 aromatic heterocycles. The molecule has 0 radical (unpaired) electrons. The maximum Gasteiger partial charge on any atom is 0.340 e. The number of carboxylic acids is 1. The molecule has 3 aromatic carbocycles. The van der Waals surface area contributed by atoms with Crippen molar-refractivity contribution in [2.75, 3.05) is 6.61 Å². The normalized spacial score (nSPS) is 11.1. The Balaban J connectivity index is 2.11. The predicted molar refractivity (Wildman–Crippen MR) is 125 cm³/mol. The van der Waals surface area contributed by atoms with Crippen LogP contribution in [0.4, 0.5) is 0 Å². The van der Waals surface area contributed by atoms with Crippen LogP contribution in [0.25, 0.3) is 21.9 Å². The molecule has 4 N–H and O–H groups in total. The molecule has 3 aromatic rings. The highest BCUT2D eigenvalue weighted by Gasteiger charge is 2.24. The molecule has 0 atom stereocenters. The van der Waals surface area contributed by atoms with Crippen molar-refractivity contribution in [1.29, 1.82) is 0 Å². The summed E-state index contributed by atoms with van der Waals surface area (Å²) < 4.78 is 6.01. The Morgan fingerprint density at radius 1 is 0.875 bits per heavy atom. The van der Waals surface area contributed by atoms with E-state index >= 15 is 0 Å². The van der Waals surface area contributed by atoms with Gasteiger partial charge in [-0.3, -0.25) is 0 Å². The van der Waals surface area contributed by atoms with Gasteiger partial charge in [-0.1, -0.05) is 51.7 Å². The number of phenolic OH excluding ortho intramolecular Hbond substituents is 2. The Hall–Kier alpha value is -3.41. The van der Waals surface area contributed by atoms with Crippen molar-refractivity contribution in [2.24, 2.45) is 0 Å². The van der Waals surface area contributed by atoms with Gasteiger partial charge in [-0.05, 0) is 53.4 Å². The number of rotatable bonds is 10. The van der Waals surface area contributed by atoms with Crippen molar-refractivity contribution in [3.63, 3.8) is 0 Å². The number of fused-ring (bicyclic) bond motifs is 1. The third kappa shape index (κ3) is 4.90. The summed E-state index contributed by atoms with van der Waals surface area (Å²) in [6.07, 6.45) is 5.41. The molecule has 0 fully saturated rings. The maximum absolute atomic E-state index is 12.1. The number of carboxylic acid groups (broad SMARTS) is 1. The van der Waals surface area contributed by atoms with Crippen molar-refractivity contribution in [2.45, 2.75) is 52.4 Å². The Bertz CT molecular complexity index is 1120. The fourth-order valence-corrected chi connectivity index (χ4v) is 3.90. The number of carbonyl (C=O) groups is 1. The number of phenols is 3. The first kappa shape index (κ1) is 23.3. The Morgan fingerprint density at radius 2 is 1.59 bits per heavy atom. The van der Waals surface area contributed by atoms with Crippen LogP contribution in [0.3, 0.4) is 0 Å². The van der Waals surface area contributed by atoms with Gasteiger partial charge >= 0.3 is 5.97 Å². The summed E-state index contributed by atoms with van der Waals surface area (Å²) in [7, 11) is 0. The van der Waals surface area contributed by atoms with Crippen LogP contribution in [0.15, 0.2) is 36.4 Å². The first-order valence-electron chi connectivity index (χ1n) is 11.1. The van der Waals surface area contributed by atoms with Crippen molar-refractivity contribution >= 4 is 16.7 Å². The molecule has 0 aliphatic heterocycles. The van der Waals surface area contributed by atoms with Crippen molar-refractivity contribution in [3.8, 4) is 34.1 Å². The molecule has 6 heteroatoms. The van der Waals surface area contributed by atoms with Crippen LogP contribution >= 0.6 is 0 Å². The van der Waals surface area contributed by atoms with Crippen molar-refractivity contribution < 1.29 is 30.0 Å². The average Bonchev–Trinajstić information content (AvgIpc) is 2.75. The van der Waals surface area contributed by atoms with Crippen LogP contribution in [0.1, 0.15) is 61.9 Å². The average molecular weight is 439 g/mol. The zero-order valence-electron chi connectivity index (χ0n) is 18.5. The monoisotopic (exact) mass is 438 g/mol. The van der Waals surface area contributed by atoms with Crippen molar-refractivity contribution in [1.82, 2.24) is 0 Å². The van der Waals surface area contributed by atoms with Gasteiger partial charge in [0.25, 0.3) is 0 Å². The Labute approximate surface area is 187 Å². The van der Waals surface area contributed by atoms with E-state index in [-0.39, 0.29) is 22.8 Å². The minimum Gasteiger partial charge on any atom is -0.507 e. The molecule has 0 spiro atoms. The van der Waals surface area contributed by atoms with Crippen LogP contribution in [0.5, 0.6) is 23.0 Å². The third-order valence-corrected chi connectivity index (χ3v) is 5.58. The van der Waals surface area contributed by atoms with E-state index in [9.17, 15) is 25.2 Å². The fraction of sp³-hybridized carbons (Fsp3) is 0.346. The quantitative estimate of drug-likeness (QED) is 0.221. The number of aromatic carboxylic acids is 1. The topological polar surface area (TPSA) is 107 Å². The first-order valence-corrected chi connectivity index (χ1v) is 11.1. The summed E-state index contributed by atoms with van der Waals surface area (Å²) in [6, 6.07) is 9.74. The number of aromatic hydroxyl groups is 3. The van der Waals surface area contributed by atoms with E-state index in [0.717, 1.165) is 32.1 Å². The fourth-order valence-electron chi connectivity index (χ4n) is 3.90. The minimum atomic E-state index is -1.22. The molecule has 170 valence electrons. The lowest BCUT2D eigenvalue weighted by Crippen LogP contribution is -2.07. The summed E-state index contributed by atoms with van der Waals surface area (Å²) in [5.74, 6) is -1.48. The second kappa shape index (κ2) is 10.3. The largest absolute Gasteiger partial charge is 0.507 e. The lowest BCUT2D eigenvalue weighted by Gasteiger charge is -2.18. The van der Waals surface area contributed by atoms with E-state index in [2.05, 4.69) is 6.92 Å². The molecular weight excluding hydrogens is 408 g/mol. The molecule has 0 saturated heterocycles. The molecular formula is C26H30O6. The van der Waals surface area contributed by atoms with Gasteiger partial charge in [0.1, 0.15) is 17.1 Å². The van der Waals surface area contributed by atoms with Crippen LogP contribution in [0.2, 0.25) is 0 Å². The van der Waals surface area contributed by atoms with Gasteiger partial charge < -0.3 is 25.2 Å². The SMILES string of the molecule is CCCCCCOc1cc(-c2ccc3cc(O)c(O)cc3c2)c(C(=O)O)c(O)c1CCC. The number of benzene rings is 3. The van der Waals surface area contributed by atoms with Crippen LogP contribution < -0.4 is 4.74 Å². The molecule has 0 amide bonds. The smallest absolute Gasteiger partial charge is 0.340 e. The molecule has 0 aliphatic carbocycles. The highest BCUT2D eigenvalue weighted by atomic mass is 16.5. The summed E-state index contributed by atoms with van der Waals surface area (Å²) >= 11 is 0. The molecule has 32 heavy (non-hydrogen) atoms. The van der Waals surface area contributed by atoms with Gasteiger partial charge in [-0.25, -0.2) is 4.79 Å². The molecule has 0 unspecified atom stereocenters. The minimum absolute atomic E-state index is 0.172. The van der Waals surface area contributed by atoms with E-state index in [0.29, 0.717) is 46.2 Å². The number of unbranched alkanes of at least 4 members (excludes halogenated alkanes) is 3. The van der Waals surface area contributed by atoms with Crippen LogP contribution in [-0.4, -0.2) is 33.0 Å². The van der Waals surface area contributed by atoms with Crippen molar-refractivity contribution in [3.05, 3.63) is 47.5 Å². The second-order valence-electron chi connectivity index (χ2n) is 7.99. The zero-order chi connectivity index (χ0) is 23.3. The second-order valence-corrected chi connectivity index (χ2v) is 7.99. The van der Waals surface area contributed by atoms with Gasteiger partial charge in [-0.2, -0.15) is 0 Å². The third-order valence-electron chi connectivity index (χ3n) is 5.58. The lowest BCUT2D eigenvalue weighted by molar-refractivity contribution is 0.0694. The molecule has 3 rings (SSSR count). The molecule has 0 saturated carbocycles.